The molecule has 0 bridgehead atoms. The Labute approximate surface area is 197 Å². The Morgan fingerprint density at radius 2 is 1.79 bits per heavy atom. The first-order chi connectivity index (χ1) is 16.3. The minimum absolute atomic E-state index is 0.0287. The van der Waals surface area contributed by atoms with Crippen molar-refractivity contribution in [3.63, 3.8) is 0 Å². The zero-order chi connectivity index (χ0) is 24.2. The predicted octanol–water partition coefficient (Wildman–Crippen LogP) is 3.64. The first kappa shape index (κ1) is 24.7. The summed E-state index contributed by atoms with van der Waals surface area (Å²) in [5.41, 5.74) is -0.0423. The molecule has 1 N–H and O–H groups in total. The third kappa shape index (κ3) is 5.78. The summed E-state index contributed by atoms with van der Waals surface area (Å²) in [5, 5.41) is 2.80. The highest BCUT2D eigenvalue weighted by atomic mass is 19.1. The molecule has 0 spiro atoms. The standard InChI is InChI=1S/C24H33F2N3O5/c1-14(27-15(2)30)13-32-16-4-6-17(7-5-16)34-24-28-22-19(25)12-20(21(26)23(22)29(24)3)33-18-8-10-31-11-9-18/h12,14,16-18H,4-11,13H2,1-3H3,(H,27,30)/t14-,16-,17-/m0/s1. The number of rotatable bonds is 8. The quantitative estimate of drug-likeness (QED) is 0.620. The highest BCUT2D eigenvalue weighted by molar-refractivity contribution is 5.80. The number of aryl methyl sites for hydroxylation is 1. The molecule has 188 valence electrons. The normalized spacial score (nSPS) is 22.5. The molecule has 1 atom stereocenters. The monoisotopic (exact) mass is 481 g/mol. The largest absolute Gasteiger partial charge is 0.487 e. The molecule has 0 unspecified atom stereocenters. The molecule has 2 aliphatic rings. The van der Waals surface area contributed by atoms with Crippen molar-refractivity contribution in [3.8, 4) is 11.8 Å². The topological polar surface area (TPSA) is 83.8 Å². The average molecular weight is 482 g/mol. The van der Waals surface area contributed by atoms with Crippen LogP contribution < -0.4 is 14.8 Å². The number of amides is 1. The number of halogens is 2. The van der Waals surface area contributed by atoms with Gasteiger partial charge in [0, 0.05) is 38.9 Å². The van der Waals surface area contributed by atoms with Gasteiger partial charge in [-0.2, -0.15) is 4.98 Å². The number of carbonyl (C=O) groups is 1. The third-order valence-electron chi connectivity index (χ3n) is 6.35. The molecule has 1 aliphatic heterocycles. The highest BCUT2D eigenvalue weighted by Crippen LogP contribution is 2.34. The van der Waals surface area contributed by atoms with Crippen LogP contribution in [0.1, 0.15) is 52.4 Å². The molecule has 4 rings (SSSR count). The molecule has 2 aromatic rings. The summed E-state index contributed by atoms with van der Waals surface area (Å²) in [6.45, 7) is 4.93. The smallest absolute Gasteiger partial charge is 0.297 e. The van der Waals surface area contributed by atoms with Gasteiger partial charge < -0.3 is 24.3 Å². The van der Waals surface area contributed by atoms with Crippen LogP contribution in [-0.4, -0.2) is 59.6 Å². The van der Waals surface area contributed by atoms with E-state index in [0.717, 1.165) is 31.7 Å². The summed E-state index contributed by atoms with van der Waals surface area (Å²) >= 11 is 0. The van der Waals surface area contributed by atoms with Crippen LogP contribution in [0.5, 0.6) is 11.8 Å². The van der Waals surface area contributed by atoms with E-state index in [9.17, 15) is 9.18 Å². The lowest BCUT2D eigenvalue weighted by molar-refractivity contribution is -0.120. The molecular formula is C24H33F2N3O5. The minimum atomic E-state index is -0.644. The Balaban J connectivity index is 1.38. The minimum Gasteiger partial charge on any atom is -0.487 e. The second kappa shape index (κ2) is 10.9. The van der Waals surface area contributed by atoms with Gasteiger partial charge in [0.2, 0.25) is 5.91 Å². The van der Waals surface area contributed by atoms with Gasteiger partial charge in [0.15, 0.2) is 17.4 Å². The van der Waals surface area contributed by atoms with Gasteiger partial charge in [-0.25, -0.2) is 8.78 Å². The zero-order valence-corrected chi connectivity index (χ0v) is 19.9. The average Bonchev–Trinajstić information content (AvgIpc) is 3.14. The van der Waals surface area contributed by atoms with Gasteiger partial charge in [0.05, 0.1) is 25.9 Å². The van der Waals surface area contributed by atoms with Crippen LogP contribution in [-0.2, 0) is 21.3 Å². The van der Waals surface area contributed by atoms with E-state index in [1.54, 1.807) is 7.05 Å². The summed E-state index contributed by atoms with van der Waals surface area (Å²) in [4.78, 5) is 15.4. The first-order valence-corrected chi connectivity index (χ1v) is 12.0. The fourth-order valence-electron chi connectivity index (χ4n) is 4.56. The fourth-order valence-corrected chi connectivity index (χ4v) is 4.56. The number of benzene rings is 1. The molecular weight excluding hydrogens is 448 g/mol. The van der Waals surface area contributed by atoms with Gasteiger partial charge in [-0.15, -0.1) is 0 Å². The summed E-state index contributed by atoms with van der Waals surface area (Å²) in [7, 11) is 1.61. The van der Waals surface area contributed by atoms with E-state index in [0.29, 0.717) is 32.7 Å². The van der Waals surface area contributed by atoms with Crippen molar-refractivity contribution < 1.29 is 32.5 Å². The van der Waals surface area contributed by atoms with E-state index in [-0.39, 0.29) is 53.1 Å². The molecule has 34 heavy (non-hydrogen) atoms. The molecule has 1 saturated heterocycles. The molecule has 10 heteroatoms. The first-order valence-electron chi connectivity index (χ1n) is 12.0. The van der Waals surface area contributed by atoms with E-state index in [4.69, 9.17) is 18.9 Å². The van der Waals surface area contributed by atoms with E-state index >= 15 is 4.39 Å². The Morgan fingerprint density at radius 3 is 2.47 bits per heavy atom. The van der Waals surface area contributed by atoms with Crippen LogP contribution in [0.15, 0.2) is 6.07 Å². The number of aromatic nitrogens is 2. The fraction of sp³-hybridized carbons (Fsp3) is 0.667. The zero-order valence-electron chi connectivity index (χ0n) is 19.9. The molecule has 1 amide bonds. The van der Waals surface area contributed by atoms with Gasteiger partial charge in [0.1, 0.15) is 23.2 Å². The molecule has 1 aliphatic carbocycles. The Hall–Kier alpha value is -2.46. The molecule has 1 aromatic heterocycles. The van der Waals surface area contributed by atoms with Crippen molar-refractivity contribution in [2.75, 3.05) is 19.8 Å². The summed E-state index contributed by atoms with van der Waals surface area (Å²) in [6, 6.07) is 1.20. The van der Waals surface area contributed by atoms with Crippen LogP contribution in [0.3, 0.4) is 0 Å². The Morgan fingerprint density at radius 1 is 1.15 bits per heavy atom. The number of imidazole rings is 1. The van der Waals surface area contributed by atoms with E-state index in [1.807, 2.05) is 6.92 Å². The molecule has 2 heterocycles. The second-order valence-corrected chi connectivity index (χ2v) is 9.20. The number of nitrogens with zero attached hydrogens (tertiary/aromatic N) is 2. The molecule has 8 nitrogen and oxygen atoms in total. The van der Waals surface area contributed by atoms with Crippen molar-refractivity contribution in [1.29, 1.82) is 0 Å². The Bertz CT molecular complexity index is 1000. The highest BCUT2D eigenvalue weighted by Gasteiger charge is 2.28. The summed E-state index contributed by atoms with van der Waals surface area (Å²) < 4.78 is 54.5. The van der Waals surface area contributed by atoms with Crippen molar-refractivity contribution in [2.45, 2.75) is 76.7 Å². The third-order valence-corrected chi connectivity index (χ3v) is 6.35. The molecule has 2 fully saturated rings. The molecule has 1 aromatic carbocycles. The van der Waals surface area contributed by atoms with Crippen LogP contribution >= 0.6 is 0 Å². The second-order valence-electron chi connectivity index (χ2n) is 9.20. The van der Waals surface area contributed by atoms with Gasteiger partial charge in [0.25, 0.3) is 6.01 Å². The number of fused-ring (bicyclic) bond motifs is 1. The van der Waals surface area contributed by atoms with Crippen LogP contribution in [0.4, 0.5) is 8.78 Å². The van der Waals surface area contributed by atoms with Gasteiger partial charge in [-0.1, -0.05) is 0 Å². The summed E-state index contributed by atoms with van der Waals surface area (Å²) in [6.07, 6.45) is 4.12. The lowest BCUT2D eigenvalue weighted by Crippen LogP contribution is -2.37. The lowest BCUT2D eigenvalue weighted by atomic mass is 9.95. The van der Waals surface area contributed by atoms with Crippen molar-refractivity contribution in [3.05, 3.63) is 17.7 Å². The maximum absolute atomic E-state index is 15.3. The molecule has 0 radical (unpaired) electrons. The van der Waals surface area contributed by atoms with E-state index in [2.05, 4.69) is 10.3 Å². The van der Waals surface area contributed by atoms with Crippen molar-refractivity contribution >= 4 is 16.9 Å². The predicted molar refractivity (Wildman–Crippen MR) is 121 cm³/mol. The van der Waals surface area contributed by atoms with Crippen molar-refractivity contribution in [2.24, 2.45) is 7.05 Å². The van der Waals surface area contributed by atoms with Gasteiger partial charge in [-0.05, 0) is 32.6 Å². The van der Waals surface area contributed by atoms with Crippen LogP contribution in [0, 0.1) is 11.6 Å². The van der Waals surface area contributed by atoms with Crippen LogP contribution in [0.25, 0.3) is 11.0 Å². The number of ether oxygens (including phenoxy) is 4. The number of nitrogens with one attached hydrogen (secondary N) is 1. The van der Waals surface area contributed by atoms with Crippen molar-refractivity contribution in [1.82, 2.24) is 14.9 Å². The van der Waals surface area contributed by atoms with Crippen LogP contribution in [0.2, 0.25) is 0 Å². The number of carbonyl (C=O) groups excluding carboxylic acids is 1. The number of hydrogen-bond acceptors (Lipinski definition) is 6. The van der Waals surface area contributed by atoms with Gasteiger partial charge in [-0.3, -0.25) is 9.36 Å². The van der Waals surface area contributed by atoms with E-state index < -0.39 is 11.6 Å². The maximum atomic E-state index is 15.3. The number of hydrogen-bond donors (Lipinski definition) is 1. The lowest BCUT2D eigenvalue weighted by Gasteiger charge is -2.29. The summed E-state index contributed by atoms with van der Waals surface area (Å²) in [5.74, 6) is -1.48. The van der Waals surface area contributed by atoms with E-state index in [1.165, 1.54) is 11.5 Å². The SMILES string of the molecule is CC(=O)N[C@@H](C)CO[C@H]1CC[C@H](Oc2nc3c(F)cc(OC4CCOCC4)c(F)c3n2C)CC1. The van der Waals surface area contributed by atoms with Gasteiger partial charge >= 0.3 is 0 Å². The Kier molecular flexibility index (Phi) is 7.88. The molecule has 1 saturated carbocycles. The maximum Gasteiger partial charge on any atom is 0.297 e.